The highest BCUT2D eigenvalue weighted by molar-refractivity contribution is 6.30. The van der Waals surface area contributed by atoms with E-state index in [4.69, 9.17) is 16.3 Å². The van der Waals surface area contributed by atoms with Crippen LogP contribution in [0.2, 0.25) is 5.02 Å². The Morgan fingerprint density at radius 1 is 1.28 bits per heavy atom. The summed E-state index contributed by atoms with van der Waals surface area (Å²) >= 11 is 5.95. The normalized spacial score (nSPS) is 10.4. The van der Waals surface area contributed by atoms with E-state index in [1.807, 2.05) is 13.8 Å². The lowest BCUT2D eigenvalue weighted by Gasteiger charge is -2.13. The number of ether oxygens (including phenoxy) is 1. The van der Waals surface area contributed by atoms with Crippen LogP contribution < -0.4 is 10.1 Å². The van der Waals surface area contributed by atoms with Gasteiger partial charge in [-0.25, -0.2) is 0 Å². The number of benzene rings is 2. The van der Waals surface area contributed by atoms with Crippen molar-refractivity contribution in [1.82, 2.24) is 5.32 Å². The van der Waals surface area contributed by atoms with Crippen molar-refractivity contribution in [2.45, 2.75) is 20.4 Å². The number of phenolic OH excluding ortho intramolecular Hbond substituents is 1. The molecule has 132 valence electrons. The van der Waals surface area contributed by atoms with Gasteiger partial charge in [0.1, 0.15) is 11.5 Å². The van der Waals surface area contributed by atoms with Crippen molar-refractivity contribution in [2.75, 3.05) is 6.61 Å². The number of aryl methyl sites for hydroxylation is 2. The molecule has 0 radical (unpaired) electrons. The molecule has 0 heterocycles. The third kappa shape index (κ3) is 4.84. The number of nitrogens with one attached hydrogen (secondary N) is 1. The molecule has 2 N–H and O–H groups in total. The van der Waals surface area contributed by atoms with Gasteiger partial charge in [0.05, 0.1) is 4.92 Å². The van der Waals surface area contributed by atoms with Crippen LogP contribution >= 0.6 is 11.6 Å². The molecule has 0 aliphatic rings. The first kappa shape index (κ1) is 18.5. The molecule has 8 heteroatoms. The molecule has 2 aromatic rings. The molecule has 0 aliphatic carbocycles. The zero-order chi connectivity index (χ0) is 18.6. The molecule has 0 spiro atoms. The number of hydrogen-bond acceptors (Lipinski definition) is 5. The van der Waals surface area contributed by atoms with E-state index in [1.165, 1.54) is 18.2 Å². The van der Waals surface area contributed by atoms with Gasteiger partial charge in [0.15, 0.2) is 6.61 Å². The highest BCUT2D eigenvalue weighted by Crippen LogP contribution is 2.27. The van der Waals surface area contributed by atoms with Crippen molar-refractivity contribution in [3.63, 3.8) is 0 Å². The highest BCUT2D eigenvalue weighted by Gasteiger charge is 2.12. The minimum absolute atomic E-state index is 0.0473. The Morgan fingerprint density at radius 2 is 1.92 bits per heavy atom. The van der Waals surface area contributed by atoms with Gasteiger partial charge in [-0.1, -0.05) is 11.6 Å². The Kier molecular flexibility index (Phi) is 5.82. The molecule has 0 bridgehead atoms. The fraction of sp³-hybridized carbons (Fsp3) is 0.235. The van der Waals surface area contributed by atoms with E-state index in [1.54, 1.807) is 12.1 Å². The SMILES string of the molecule is Cc1cc(Cl)cc(C)c1OCC(=O)NCc1cc([N+](=O)[O-])ccc1O. The fourth-order valence-electron chi connectivity index (χ4n) is 2.33. The summed E-state index contributed by atoms with van der Waals surface area (Å²) in [6, 6.07) is 7.10. The van der Waals surface area contributed by atoms with Gasteiger partial charge in [0, 0.05) is 29.3 Å². The van der Waals surface area contributed by atoms with Gasteiger partial charge in [-0.3, -0.25) is 14.9 Å². The number of carbonyl (C=O) groups excluding carboxylic acids is 1. The number of aromatic hydroxyl groups is 1. The van der Waals surface area contributed by atoms with Crippen LogP contribution in [-0.4, -0.2) is 22.5 Å². The number of phenols is 1. The van der Waals surface area contributed by atoms with Crippen molar-refractivity contribution < 1.29 is 19.6 Å². The second-order valence-electron chi connectivity index (χ2n) is 5.50. The number of nitro groups is 1. The standard InChI is InChI=1S/C17H17ClN2O5/c1-10-5-13(18)6-11(2)17(10)25-9-16(22)19-8-12-7-14(20(23)24)3-4-15(12)21/h3-7,21H,8-9H2,1-2H3,(H,19,22). The molecular formula is C17H17ClN2O5. The van der Waals surface area contributed by atoms with Crippen molar-refractivity contribution >= 4 is 23.2 Å². The van der Waals surface area contributed by atoms with Crippen LogP contribution in [0.3, 0.4) is 0 Å². The first-order valence-corrected chi connectivity index (χ1v) is 7.78. The van der Waals surface area contributed by atoms with Crippen LogP contribution in [0.1, 0.15) is 16.7 Å². The number of nitrogens with zero attached hydrogens (tertiary/aromatic N) is 1. The third-order valence-electron chi connectivity index (χ3n) is 3.52. The Balaban J connectivity index is 1.96. The van der Waals surface area contributed by atoms with Crippen molar-refractivity contribution in [3.8, 4) is 11.5 Å². The third-order valence-corrected chi connectivity index (χ3v) is 3.74. The number of amides is 1. The summed E-state index contributed by atoms with van der Waals surface area (Å²) in [6.07, 6.45) is 0. The van der Waals surface area contributed by atoms with Gasteiger partial charge in [-0.2, -0.15) is 0 Å². The number of carbonyl (C=O) groups is 1. The minimum atomic E-state index is -0.569. The summed E-state index contributed by atoms with van der Waals surface area (Å²) in [4.78, 5) is 22.1. The molecule has 0 aromatic heterocycles. The fourth-order valence-corrected chi connectivity index (χ4v) is 2.66. The number of nitro benzene ring substituents is 1. The topological polar surface area (TPSA) is 102 Å². The van der Waals surface area contributed by atoms with E-state index < -0.39 is 10.8 Å². The molecule has 0 atom stereocenters. The van der Waals surface area contributed by atoms with E-state index in [0.29, 0.717) is 10.8 Å². The van der Waals surface area contributed by atoms with E-state index in [0.717, 1.165) is 11.1 Å². The number of halogens is 1. The maximum absolute atomic E-state index is 11.9. The van der Waals surface area contributed by atoms with Gasteiger partial charge in [-0.05, 0) is 43.2 Å². The van der Waals surface area contributed by atoms with Gasteiger partial charge in [-0.15, -0.1) is 0 Å². The number of rotatable bonds is 6. The summed E-state index contributed by atoms with van der Waals surface area (Å²) in [5.74, 6) is 0.0358. The summed E-state index contributed by atoms with van der Waals surface area (Å²) in [7, 11) is 0. The Labute approximate surface area is 149 Å². The number of hydrogen-bond donors (Lipinski definition) is 2. The zero-order valence-electron chi connectivity index (χ0n) is 13.7. The lowest BCUT2D eigenvalue weighted by atomic mass is 10.1. The van der Waals surface area contributed by atoms with E-state index in [2.05, 4.69) is 5.32 Å². The molecule has 7 nitrogen and oxygen atoms in total. The van der Waals surface area contributed by atoms with Gasteiger partial charge in [0.2, 0.25) is 0 Å². The summed E-state index contributed by atoms with van der Waals surface area (Å²) < 4.78 is 5.52. The Bertz CT molecular complexity index is 800. The first-order chi connectivity index (χ1) is 11.8. The molecule has 0 fully saturated rings. The molecule has 0 saturated heterocycles. The van der Waals surface area contributed by atoms with Crippen molar-refractivity contribution in [3.05, 3.63) is 62.2 Å². The average Bonchev–Trinajstić information content (AvgIpc) is 2.52. The summed E-state index contributed by atoms with van der Waals surface area (Å²) in [5.41, 5.74) is 1.72. The molecule has 2 aromatic carbocycles. The van der Waals surface area contributed by atoms with Gasteiger partial charge >= 0.3 is 0 Å². The smallest absolute Gasteiger partial charge is 0.270 e. The second kappa shape index (κ2) is 7.85. The quantitative estimate of drug-likeness (QED) is 0.605. The molecule has 0 aliphatic heterocycles. The predicted octanol–water partition coefficient (Wildman–Crippen LogP) is 3.27. The monoisotopic (exact) mass is 364 g/mol. The highest BCUT2D eigenvalue weighted by atomic mass is 35.5. The molecule has 0 unspecified atom stereocenters. The van der Waals surface area contributed by atoms with Crippen LogP contribution in [-0.2, 0) is 11.3 Å². The Hall–Kier alpha value is -2.80. The molecule has 1 amide bonds. The average molecular weight is 365 g/mol. The van der Waals surface area contributed by atoms with Crippen molar-refractivity contribution in [1.29, 1.82) is 0 Å². The van der Waals surface area contributed by atoms with Crippen LogP contribution in [0.25, 0.3) is 0 Å². The van der Waals surface area contributed by atoms with Crippen LogP contribution in [0.4, 0.5) is 5.69 Å². The van der Waals surface area contributed by atoms with E-state index in [9.17, 15) is 20.0 Å². The Morgan fingerprint density at radius 3 is 2.52 bits per heavy atom. The first-order valence-electron chi connectivity index (χ1n) is 7.40. The zero-order valence-corrected chi connectivity index (χ0v) is 14.5. The largest absolute Gasteiger partial charge is 0.508 e. The lowest BCUT2D eigenvalue weighted by Crippen LogP contribution is -2.28. The summed E-state index contributed by atoms with van der Waals surface area (Å²) in [5, 5.41) is 23.6. The molecule has 2 rings (SSSR count). The van der Waals surface area contributed by atoms with Crippen LogP contribution in [0.15, 0.2) is 30.3 Å². The van der Waals surface area contributed by atoms with Crippen LogP contribution in [0.5, 0.6) is 11.5 Å². The second-order valence-corrected chi connectivity index (χ2v) is 5.94. The van der Waals surface area contributed by atoms with Gasteiger partial charge < -0.3 is 15.2 Å². The molecule has 0 saturated carbocycles. The van der Waals surface area contributed by atoms with E-state index in [-0.39, 0.29) is 30.2 Å². The van der Waals surface area contributed by atoms with Crippen molar-refractivity contribution in [2.24, 2.45) is 0 Å². The molecule has 25 heavy (non-hydrogen) atoms. The van der Waals surface area contributed by atoms with Gasteiger partial charge in [0.25, 0.3) is 11.6 Å². The van der Waals surface area contributed by atoms with Crippen LogP contribution in [0, 0.1) is 24.0 Å². The number of non-ortho nitro benzene ring substituents is 1. The van der Waals surface area contributed by atoms with E-state index >= 15 is 0 Å². The molecular weight excluding hydrogens is 348 g/mol. The maximum atomic E-state index is 11.9. The maximum Gasteiger partial charge on any atom is 0.270 e. The summed E-state index contributed by atoms with van der Waals surface area (Å²) in [6.45, 7) is 3.38. The predicted molar refractivity (Wildman–Crippen MR) is 93.0 cm³/mol. The minimum Gasteiger partial charge on any atom is -0.508 e. The lowest BCUT2D eigenvalue weighted by molar-refractivity contribution is -0.384.